The lowest BCUT2D eigenvalue weighted by Gasteiger charge is -2.36. The van der Waals surface area contributed by atoms with Crippen molar-refractivity contribution in [3.63, 3.8) is 0 Å². The van der Waals surface area contributed by atoms with Crippen LogP contribution in [-0.4, -0.2) is 26.2 Å². The van der Waals surface area contributed by atoms with E-state index in [1.165, 1.54) is 0 Å². The molecule has 0 bridgehead atoms. The van der Waals surface area contributed by atoms with Gasteiger partial charge in [-0.05, 0) is 21.5 Å². The second-order valence-corrected chi connectivity index (χ2v) is 7.45. The largest absolute Gasteiger partial charge is 0.466 e. The normalized spacial score (nSPS) is 15.9. The Morgan fingerprint density at radius 3 is 2.24 bits per heavy atom. The minimum Gasteiger partial charge on any atom is -0.466 e. The summed E-state index contributed by atoms with van der Waals surface area (Å²) in [6.45, 7) is 0. The first kappa shape index (κ1) is 23.9. The number of halogens is 4. The van der Waals surface area contributed by atoms with Crippen molar-refractivity contribution in [1.29, 1.82) is 5.26 Å². The molecule has 0 amide bonds. The Labute approximate surface area is 194 Å². The van der Waals surface area contributed by atoms with E-state index in [0.717, 1.165) is 14.2 Å². The number of nitrogens with zero attached hydrogens (tertiary/aromatic N) is 2. The fraction of sp³-hybridized carbons (Fsp3) is 0.136. The number of carbonyl (C=O) groups excluding carboxylic acids is 2. The molecule has 33 heavy (non-hydrogen) atoms. The predicted octanol–water partition coefficient (Wildman–Crippen LogP) is 3.76. The molecule has 3 rings (SSSR count). The second-order valence-electron chi connectivity index (χ2n) is 6.65. The van der Waals surface area contributed by atoms with E-state index in [2.05, 4.69) is 15.9 Å². The van der Waals surface area contributed by atoms with Crippen LogP contribution in [0.25, 0.3) is 0 Å². The van der Waals surface area contributed by atoms with Gasteiger partial charge in [0.15, 0.2) is 17.5 Å². The van der Waals surface area contributed by atoms with Crippen LogP contribution in [-0.2, 0) is 19.1 Å². The maximum absolute atomic E-state index is 14.9. The van der Waals surface area contributed by atoms with Gasteiger partial charge in [-0.3, -0.25) is 4.90 Å². The molecule has 0 saturated heterocycles. The summed E-state index contributed by atoms with van der Waals surface area (Å²) in [6, 6.07) is 10.2. The molecule has 7 nitrogen and oxygen atoms in total. The molecule has 1 atom stereocenters. The third-order valence-corrected chi connectivity index (χ3v) is 5.65. The minimum atomic E-state index is -1.51. The Kier molecular flexibility index (Phi) is 6.78. The zero-order chi connectivity index (χ0) is 24.4. The third-order valence-electron chi connectivity index (χ3n) is 4.92. The van der Waals surface area contributed by atoms with Gasteiger partial charge in [0.25, 0.3) is 0 Å². The van der Waals surface area contributed by atoms with Gasteiger partial charge in [-0.2, -0.15) is 5.26 Å². The molecule has 1 unspecified atom stereocenters. The highest BCUT2D eigenvalue weighted by Gasteiger charge is 2.44. The van der Waals surface area contributed by atoms with Crippen molar-refractivity contribution in [3.05, 3.63) is 86.6 Å². The standard InChI is InChI=1S/C22H15BrF3N3O4/c1-32-21(30)15-14(10-6-4-3-5-7-10)11(9-27)20(28)29(19(15)22(31)33-2)18-13(25)8-12(24)17(26)16(18)23/h3-8,14H,28H2,1-2H3. The number of carbonyl (C=O) groups is 2. The second kappa shape index (κ2) is 9.38. The van der Waals surface area contributed by atoms with Crippen molar-refractivity contribution in [2.24, 2.45) is 5.73 Å². The molecule has 2 aromatic rings. The van der Waals surface area contributed by atoms with Gasteiger partial charge >= 0.3 is 11.9 Å². The average Bonchev–Trinajstić information content (AvgIpc) is 2.82. The molecule has 1 heterocycles. The van der Waals surface area contributed by atoms with Crippen molar-refractivity contribution in [2.75, 3.05) is 19.1 Å². The van der Waals surface area contributed by atoms with E-state index in [1.807, 2.05) is 6.07 Å². The van der Waals surface area contributed by atoms with Crippen LogP contribution in [0, 0.1) is 28.8 Å². The van der Waals surface area contributed by atoms with Crippen LogP contribution >= 0.6 is 15.9 Å². The first-order chi connectivity index (χ1) is 15.7. The summed E-state index contributed by atoms with van der Waals surface area (Å²) in [5.41, 5.74) is 4.55. The fourth-order valence-electron chi connectivity index (χ4n) is 3.51. The lowest BCUT2D eigenvalue weighted by molar-refractivity contribution is -0.139. The van der Waals surface area contributed by atoms with Gasteiger partial charge in [0.05, 0.1) is 41.8 Å². The summed E-state index contributed by atoms with van der Waals surface area (Å²) < 4.78 is 51.9. The maximum atomic E-state index is 14.9. The number of rotatable bonds is 4. The Bertz CT molecular complexity index is 1260. The number of allylic oxidation sites excluding steroid dienone is 1. The lowest BCUT2D eigenvalue weighted by atomic mass is 9.81. The van der Waals surface area contributed by atoms with Gasteiger partial charge in [0.2, 0.25) is 0 Å². The molecule has 0 aromatic heterocycles. The lowest BCUT2D eigenvalue weighted by Crippen LogP contribution is -2.41. The third kappa shape index (κ3) is 3.93. The average molecular weight is 522 g/mol. The van der Waals surface area contributed by atoms with E-state index in [1.54, 1.807) is 30.3 Å². The van der Waals surface area contributed by atoms with Crippen LogP contribution in [0.1, 0.15) is 11.5 Å². The predicted molar refractivity (Wildman–Crippen MR) is 114 cm³/mol. The van der Waals surface area contributed by atoms with Crippen molar-refractivity contribution in [1.82, 2.24) is 0 Å². The molecule has 0 aliphatic carbocycles. The van der Waals surface area contributed by atoms with Crippen LogP contribution in [0.4, 0.5) is 18.9 Å². The summed E-state index contributed by atoms with van der Waals surface area (Å²) in [7, 11) is 2.04. The topological polar surface area (TPSA) is 106 Å². The fourth-order valence-corrected chi connectivity index (χ4v) is 4.06. The SMILES string of the molecule is COC(=O)C1=C(C(=O)OC)N(c2c(F)cc(F)c(F)c2Br)C(N)=C(C#N)C1c1ccccc1. The summed E-state index contributed by atoms with van der Waals surface area (Å²) in [5, 5.41) is 9.90. The molecule has 2 N–H and O–H groups in total. The summed E-state index contributed by atoms with van der Waals surface area (Å²) >= 11 is 2.77. The summed E-state index contributed by atoms with van der Waals surface area (Å²) in [5.74, 6) is -8.22. The number of methoxy groups -OCH3 is 2. The molecule has 0 spiro atoms. The summed E-state index contributed by atoms with van der Waals surface area (Å²) in [6.07, 6.45) is 0. The smallest absolute Gasteiger partial charge is 0.355 e. The van der Waals surface area contributed by atoms with Crippen LogP contribution in [0.3, 0.4) is 0 Å². The number of benzene rings is 2. The molecule has 11 heteroatoms. The monoisotopic (exact) mass is 521 g/mol. The van der Waals surface area contributed by atoms with E-state index in [9.17, 15) is 28.0 Å². The number of nitrogens with two attached hydrogens (primary N) is 1. The number of hydrogen-bond acceptors (Lipinski definition) is 7. The van der Waals surface area contributed by atoms with Gasteiger partial charge < -0.3 is 15.2 Å². The van der Waals surface area contributed by atoms with Gasteiger partial charge in [0.1, 0.15) is 17.2 Å². The van der Waals surface area contributed by atoms with Crippen LogP contribution in [0.2, 0.25) is 0 Å². The Morgan fingerprint density at radius 2 is 1.70 bits per heavy atom. The zero-order valence-corrected chi connectivity index (χ0v) is 18.7. The van der Waals surface area contributed by atoms with E-state index in [0.29, 0.717) is 10.5 Å². The number of anilines is 1. The first-order valence-corrected chi connectivity index (χ1v) is 9.97. The van der Waals surface area contributed by atoms with Crippen molar-refractivity contribution in [2.45, 2.75) is 5.92 Å². The highest BCUT2D eigenvalue weighted by molar-refractivity contribution is 9.10. The number of ether oxygens (including phenoxy) is 2. The quantitative estimate of drug-likeness (QED) is 0.371. The highest BCUT2D eigenvalue weighted by atomic mass is 79.9. The van der Waals surface area contributed by atoms with Crippen LogP contribution < -0.4 is 10.6 Å². The molecule has 1 aliphatic rings. The van der Waals surface area contributed by atoms with E-state index in [-0.39, 0.29) is 11.6 Å². The maximum Gasteiger partial charge on any atom is 0.355 e. The number of nitriles is 1. The number of hydrogen-bond donors (Lipinski definition) is 1. The van der Waals surface area contributed by atoms with E-state index in [4.69, 9.17) is 15.2 Å². The molecule has 0 saturated carbocycles. The van der Waals surface area contributed by atoms with Crippen molar-refractivity contribution >= 4 is 33.6 Å². The van der Waals surface area contributed by atoms with Crippen molar-refractivity contribution in [3.8, 4) is 6.07 Å². The summed E-state index contributed by atoms with van der Waals surface area (Å²) in [4.78, 5) is 26.4. The number of esters is 2. The first-order valence-electron chi connectivity index (χ1n) is 9.18. The van der Waals surface area contributed by atoms with Gasteiger partial charge in [-0.25, -0.2) is 22.8 Å². The highest BCUT2D eigenvalue weighted by Crippen LogP contribution is 2.46. The zero-order valence-electron chi connectivity index (χ0n) is 17.2. The van der Waals surface area contributed by atoms with Crippen LogP contribution in [0.15, 0.2) is 63.5 Å². The van der Waals surface area contributed by atoms with E-state index >= 15 is 0 Å². The Hall–Kier alpha value is -3.78. The van der Waals surface area contributed by atoms with Gasteiger partial charge in [-0.1, -0.05) is 30.3 Å². The van der Waals surface area contributed by atoms with Gasteiger partial charge in [0, 0.05) is 6.07 Å². The molecule has 170 valence electrons. The molecule has 0 fully saturated rings. The Morgan fingerprint density at radius 1 is 1.09 bits per heavy atom. The molecule has 2 aromatic carbocycles. The van der Waals surface area contributed by atoms with Gasteiger partial charge in [-0.15, -0.1) is 0 Å². The van der Waals surface area contributed by atoms with Crippen LogP contribution in [0.5, 0.6) is 0 Å². The molecule has 1 aliphatic heterocycles. The molecular weight excluding hydrogens is 507 g/mol. The minimum absolute atomic E-state index is 0.241. The Balaban J connectivity index is 2.50. The molecule has 0 radical (unpaired) electrons. The molecular formula is C22H15BrF3N3O4. The van der Waals surface area contributed by atoms with E-state index < -0.39 is 62.6 Å². The van der Waals surface area contributed by atoms with Crippen molar-refractivity contribution < 1.29 is 32.2 Å².